The highest BCUT2D eigenvalue weighted by Gasteiger charge is 2.42. The number of carbonyl (C=O) groups is 1. The van der Waals surface area contributed by atoms with E-state index in [1.54, 1.807) is 18.2 Å². The molecule has 0 saturated carbocycles. The summed E-state index contributed by atoms with van der Waals surface area (Å²) in [6, 6.07) is 12.0. The van der Waals surface area contributed by atoms with Gasteiger partial charge in [0.05, 0.1) is 23.6 Å². The summed E-state index contributed by atoms with van der Waals surface area (Å²) in [7, 11) is 0. The van der Waals surface area contributed by atoms with Crippen molar-refractivity contribution >= 4 is 28.5 Å². The smallest absolute Gasteiger partial charge is 0.290 e. The number of halogens is 1. The number of hydrogen-bond donors (Lipinski definition) is 1. The van der Waals surface area contributed by atoms with Crippen LogP contribution in [0.25, 0.3) is 11.0 Å². The molecule has 1 aliphatic heterocycles. The standard InChI is InChI=1S/C23H22ClNO4/c1-23(2,3)14-6-4-13(5-7-14)19-18-20(27)16-12-15(24)8-9-17(16)29-21(18)22(28)25(19)10-11-26/h4-9,12,19,26H,10-11H2,1-3H3/t19-/m0/s1. The Morgan fingerprint density at radius 2 is 1.79 bits per heavy atom. The van der Waals surface area contributed by atoms with Gasteiger partial charge < -0.3 is 14.4 Å². The summed E-state index contributed by atoms with van der Waals surface area (Å²) >= 11 is 6.07. The fourth-order valence-corrected chi connectivity index (χ4v) is 4.02. The summed E-state index contributed by atoms with van der Waals surface area (Å²) in [6.45, 7) is 6.26. The van der Waals surface area contributed by atoms with Crippen molar-refractivity contribution in [3.8, 4) is 0 Å². The van der Waals surface area contributed by atoms with E-state index in [1.165, 1.54) is 4.90 Å². The molecule has 29 heavy (non-hydrogen) atoms. The number of hydrogen-bond acceptors (Lipinski definition) is 4. The van der Waals surface area contributed by atoms with E-state index in [0.717, 1.165) is 11.1 Å². The lowest BCUT2D eigenvalue weighted by Gasteiger charge is -2.25. The van der Waals surface area contributed by atoms with E-state index in [1.807, 2.05) is 24.3 Å². The van der Waals surface area contributed by atoms with Crippen LogP contribution in [0.4, 0.5) is 0 Å². The minimum absolute atomic E-state index is 0.0152. The molecule has 1 N–H and O–H groups in total. The van der Waals surface area contributed by atoms with Crippen molar-refractivity contribution in [3.05, 3.63) is 80.2 Å². The molecule has 2 heterocycles. The molecule has 0 aliphatic carbocycles. The normalized spacial score (nSPS) is 16.5. The Morgan fingerprint density at radius 3 is 2.41 bits per heavy atom. The maximum Gasteiger partial charge on any atom is 0.290 e. The van der Waals surface area contributed by atoms with Gasteiger partial charge in [-0.15, -0.1) is 0 Å². The fraction of sp³-hybridized carbons (Fsp3) is 0.304. The molecule has 1 aliphatic rings. The van der Waals surface area contributed by atoms with Crippen LogP contribution in [0.2, 0.25) is 5.02 Å². The predicted molar refractivity (Wildman–Crippen MR) is 113 cm³/mol. The van der Waals surface area contributed by atoms with E-state index in [4.69, 9.17) is 16.0 Å². The zero-order valence-corrected chi connectivity index (χ0v) is 17.3. The van der Waals surface area contributed by atoms with Gasteiger partial charge in [0.15, 0.2) is 5.43 Å². The number of aliphatic hydroxyl groups excluding tert-OH is 1. The van der Waals surface area contributed by atoms with Crippen LogP contribution in [-0.2, 0) is 5.41 Å². The van der Waals surface area contributed by atoms with Crippen LogP contribution in [0.15, 0.2) is 51.7 Å². The topological polar surface area (TPSA) is 70.8 Å². The van der Waals surface area contributed by atoms with Crippen LogP contribution in [0, 0.1) is 0 Å². The summed E-state index contributed by atoms with van der Waals surface area (Å²) < 4.78 is 5.83. The summed E-state index contributed by atoms with van der Waals surface area (Å²) in [6.07, 6.45) is 0. The van der Waals surface area contributed by atoms with Gasteiger partial charge in [0, 0.05) is 11.6 Å². The third-order valence-electron chi connectivity index (χ3n) is 5.36. The van der Waals surface area contributed by atoms with E-state index < -0.39 is 11.9 Å². The molecule has 0 radical (unpaired) electrons. The van der Waals surface area contributed by atoms with Gasteiger partial charge in [-0.2, -0.15) is 0 Å². The molecule has 1 amide bonds. The number of amides is 1. The zero-order valence-electron chi connectivity index (χ0n) is 16.5. The minimum Gasteiger partial charge on any atom is -0.450 e. The first kappa shape index (κ1) is 19.7. The SMILES string of the molecule is CC(C)(C)c1ccc([C@H]2c3c(oc4ccc(Cl)cc4c3=O)C(=O)N2CCO)cc1. The Morgan fingerprint density at radius 1 is 1.10 bits per heavy atom. The van der Waals surface area contributed by atoms with Crippen molar-refractivity contribution in [2.24, 2.45) is 0 Å². The highest BCUT2D eigenvalue weighted by atomic mass is 35.5. The molecule has 150 valence electrons. The number of nitrogens with zero attached hydrogens (tertiary/aromatic N) is 1. The minimum atomic E-state index is -0.613. The molecule has 1 aromatic heterocycles. The first-order chi connectivity index (χ1) is 13.7. The van der Waals surface area contributed by atoms with Crippen LogP contribution < -0.4 is 5.43 Å². The van der Waals surface area contributed by atoms with Crippen molar-refractivity contribution in [3.63, 3.8) is 0 Å². The lowest BCUT2D eigenvalue weighted by Crippen LogP contribution is -2.32. The molecule has 6 heteroatoms. The van der Waals surface area contributed by atoms with Crippen LogP contribution in [0.5, 0.6) is 0 Å². The number of aliphatic hydroxyl groups is 1. The highest BCUT2D eigenvalue weighted by Crippen LogP contribution is 2.38. The molecular formula is C23H22ClNO4. The van der Waals surface area contributed by atoms with E-state index in [2.05, 4.69) is 20.8 Å². The number of β-amino-alcohol motifs (C(OH)–C–C–N with tert-alkyl or cyclic N) is 1. The number of carbonyl (C=O) groups excluding carboxylic acids is 1. The Hall–Kier alpha value is -2.63. The Labute approximate surface area is 173 Å². The van der Waals surface area contributed by atoms with Gasteiger partial charge in [-0.3, -0.25) is 9.59 Å². The van der Waals surface area contributed by atoms with Gasteiger partial charge in [0.1, 0.15) is 5.58 Å². The summed E-state index contributed by atoms with van der Waals surface area (Å²) in [5.74, 6) is -0.365. The van der Waals surface area contributed by atoms with Crippen molar-refractivity contribution in [1.82, 2.24) is 4.90 Å². The highest BCUT2D eigenvalue weighted by molar-refractivity contribution is 6.31. The molecule has 0 saturated heterocycles. The van der Waals surface area contributed by atoms with Crippen molar-refractivity contribution < 1.29 is 14.3 Å². The Kier molecular flexibility index (Phi) is 4.75. The quantitative estimate of drug-likeness (QED) is 0.698. The largest absolute Gasteiger partial charge is 0.450 e. The Bertz CT molecular complexity index is 1160. The lowest BCUT2D eigenvalue weighted by molar-refractivity contribution is 0.0691. The van der Waals surface area contributed by atoms with Crippen LogP contribution in [0.3, 0.4) is 0 Å². The second-order valence-corrected chi connectivity index (χ2v) is 8.75. The van der Waals surface area contributed by atoms with Crippen LogP contribution in [0.1, 0.15) is 54.1 Å². The summed E-state index contributed by atoms with van der Waals surface area (Å²) in [5, 5.41) is 10.3. The molecule has 0 unspecified atom stereocenters. The van der Waals surface area contributed by atoms with Crippen molar-refractivity contribution in [1.29, 1.82) is 0 Å². The summed E-state index contributed by atoms with van der Waals surface area (Å²) in [5.41, 5.74) is 2.27. The van der Waals surface area contributed by atoms with E-state index in [-0.39, 0.29) is 29.8 Å². The van der Waals surface area contributed by atoms with E-state index in [9.17, 15) is 14.7 Å². The van der Waals surface area contributed by atoms with Crippen molar-refractivity contribution in [2.45, 2.75) is 32.2 Å². The molecular weight excluding hydrogens is 390 g/mol. The van der Waals surface area contributed by atoms with Gasteiger partial charge in [0.25, 0.3) is 5.91 Å². The second-order valence-electron chi connectivity index (χ2n) is 8.31. The molecule has 2 aromatic carbocycles. The third kappa shape index (κ3) is 3.24. The Balaban J connectivity index is 1.94. The van der Waals surface area contributed by atoms with Crippen molar-refractivity contribution in [2.75, 3.05) is 13.2 Å². The predicted octanol–water partition coefficient (Wildman–Crippen LogP) is 4.28. The maximum absolute atomic E-state index is 13.3. The van der Waals surface area contributed by atoms with Crippen LogP contribution in [-0.4, -0.2) is 29.1 Å². The van der Waals surface area contributed by atoms with Gasteiger partial charge in [-0.25, -0.2) is 0 Å². The maximum atomic E-state index is 13.3. The fourth-order valence-electron chi connectivity index (χ4n) is 3.84. The lowest BCUT2D eigenvalue weighted by atomic mass is 9.86. The van der Waals surface area contributed by atoms with Crippen LogP contribution >= 0.6 is 11.6 Å². The number of fused-ring (bicyclic) bond motifs is 2. The molecule has 1 atom stereocenters. The van der Waals surface area contributed by atoms with Gasteiger partial charge in [-0.1, -0.05) is 56.6 Å². The van der Waals surface area contributed by atoms with Gasteiger partial charge in [0.2, 0.25) is 5.76 Å². The second kappa shape index (κ2) is 7.01. The zero-order chi connectivity index (χ0) is 20.9. The number of rotatable bonds is 3. The van der Waals surface area contributed by atoms with Gasteiger partial charge in [-0.05, 0) is 34.7 Å². The molecule has 3 aromatic rings. The number of benzene rings is 2. The molecule has 0 spiro atoms. The average molecular weight is 412 g/mol. The van der Waals surface area contributed by atoms with E-state index in [0.29, 0.717) is 21.6 Å². The molecule has 4 rings (SSSR count). The van der Waals surface area contributed by atoms with E-state index >= 15 is 0 Å². The first-order valence-corrected chi connectivity index (χ1v) is 9.88. The molecule has 0 bridgehead atoms. The monoisotopic (exact) mass is 411 g/mol. The van der Waals surface area contributed by atoms with Gasteiger partial charge >= 0.3 is 0 Å². The third-order valence-corrected chi connectivity index (χ3v) is 5.60. The molecule has 0 fully saturated rings. The summed E-state index contributed by atoms with van der Waals surface area (Å²) in [4.78, 5) is 27.8. The first-order valence-electron chi connectivity index (χ1n) is 9.51. The average Bonchev–Trinajstić information content (AvgIpc) is 2.95. The molecule has 5 nitrogen and oxygen atoms in total.